The fourth-order valence-corrected chi connectivity index (χ4v) is 3.52. The maximum absolute atomic E-state index is 13.6. The van der Waals surface area contributed by atoms with Crippen LogP contribution in [0.15, 0.2) is 48.7 Å². The number of nitrogens with two attached hydrogens (primary N) is 1. The van der Waals surface area contributed by atoms with Crippen LogP contribution in [0.1, 0.15) is 42.6 Å². The Morgan fingerprint density at radius 2 is 1.94 bits per heavy atom. The van der Waals surface area contributed by atoms with Crippen LogP contribution in [0.4, 0.5) is 14.6 Å². The number of aromatic nitrogens is 2. The molecule has 0 fully saturated rings. The van der Waals surface area contributed by atoms with Gasteiger partial charge in [-0.05, 0) is 49.6 Å². The molecule has 0 aliphatic heterocycles. The van der Waals surface area contributed by atoms with Crippen molar-refractivity contribution in [3.8, 4) is 11.4 Å². The van der Waals surface area contributed by atoms with Gasteiger partial charge in [-0.1, -0.05) is 26.0 Å². The van der Waals surface area contributed by atoms with Gasteiger partial charge in [0.15, 0.2) is 17.4 Å². The zero-order chi connectivity index (χ0) is 25.5. The third-order valence-corrected chi connectivity index (χ3v) is 5.28. The van der Waals surface area contributed by atoms with Crippen molar-refractivity contribution in [3.05, 3.63) is 71.4 Å². The van der Waals surface area contributed by atoms with E-state index in [0.717, 1.165) is 16.8 Å². The molecule has 0 spiro atoms. The van der Waals surface area contributed by atoms with E-state index >= 15 is 0 Å². The van der Waals surface area contributed by atoms with Crippen molar-refractivity contribution in [1.82, 2.24) is 15.1 Å². The van der Waals surface area contributed by atoms with E-state index in [1.807, 2.05) is 13.8 Å². The number of aliphatic carboxylic acids is 1. The minimum atomic E-state index is -1.05. The van der Waals surface area contributed by atoms with Gasteiger partial charge in [0, 0.05) is 11.6 Å². The lowest BCUT2D eigenvalue weighted by Crippen LogP contribution is -2.38. The minimum Gasteiger partial charge on any atom is -0.494 e. The Bertz CT molecular complexity index is 1200. The van der Waals surface area contributed by atoms with E-state index < -0.39 is 29.4 Å². The van der Waals surface area contributed by atoms with Gasteiger partial charge >= 0.3 is 5.97 Å². The summed E-state index contributed by atoms with van der Waals surface area (Å²) in [5.41, 5.74) is 6.69. The molecular weight excluding hydrogens is 458 g/mol. The van der Waals surface area contributed by atoms with E-state index in [9.17, 15) is 23.5 Å². The molecule has 4 N–H and O–H groups in total. The summed E-state index contributed by atoms with van der Waals surface area (Å²) in [6.45, 7) is 4.74. The highest BCUT2D eigenvalue weighted by Crippen LogP contribution is 2.23. The number of carbonyl (C=O) groups excluding carboxylic acids is 1. The second-order valence-corrected chi connectivity index (χ2v) is 8.49. The zero-order valence-corrected chi connectivity index (χ0v) is 19.5. The summed E-state index contributed by atoms with van der Waals surface area (Å²) in [4.78, 5) is 24.3. The molecule has 186 valence electrons. The van der Waals surface area contributed by atoms with Crippen molar-refractivity contribution in [2.24, 2.45) is 5.92 Å². The smallest absolute Gasteiger partial charge is 0.320 e. The predicted molar refractivity (Wildman–Crippen MR) is 127 cm³/mol. The highest BCUT2D eigenvalue weighted by Gasteiger charge is 2.20. The van der Waals surface area contributed by atoms with Gasteiger partial charge in [0.25, 0.3) is 0 Å². The van der Waals surface area contributed by atoms with Gasteiger partial charge in [0.2, 0.25) is 0 Å². The van der Waals surface area contributed by atoms with Crippen LogP contribution in [0.25, 0.3) is 5.69 Å². The molecule has 1 atom stereocenters. The predicted octanol–water partition coefficient (Wildman–Crippen LogP) is 3.82. The molecule has 0 aliphatic rings. The molecule has 10 heteroatoms. The van der Waals surface area contributed by atoms with E-state index in [1.165, 1.54) is 12.3 Å². The molecule has 3 rings (SSSR count). The highest BCUT2D eigenvalue weighted by molar-refractivity contribution is 6.11. The second kappa shape index (κ2) is 11.6. The van der Waals surface area contributed by atoms with Gasteiger partial charge < -0.3 is 20.9 Å². The minimum absolute atomic E-state index is 0.00668. The Kier molecular flexibility index (Phi) is 8.53. The number of anilines is 1. The normalized spacial score (nSPS) is 12.0. The van der Waals surface area contributed by atoms with Crippen molar-refractivity contribution in [3.63, 3.8) is 0 Å². The molecule has 0 saturated carbocycles. The Morgan fingerprint density at radius 3 is 2.63 bits per heavy atom. The summed E-state index contributed by atoms with van der Waals surface area (Å²) < 4.78 is 33.7. The number of nitrogens with one attached hydrogen (secondary N) is 1. The Morgan fingerprint density at radius 1 is 1.17 bits per heavy atom. The Balaban J connectivity index is 1.61. The maximum Gasteiger partial charge on any atom is 0.320 e. The van der Waals surface area contributed by atoms with Crippen LogP contribution in [-0.4, -0.2) is 45.8 Å². The van der Waals surface area contributed by atoms with Gasteiger partial charge in [0.1, 0.15) is 17.6 Å². The molecule has 0 saturated heterocycles. The quantitative estimate of drug-likeness (QED) is 0.263. The van der Waals surface area contributed by atoms with Crippen LogP contribution in [0.3, 0.4) is 0 Å². The summed E-state index contributed by atoms with van der Waals surface area (Å²) in [5, 5.41) is 16.3. The number of halogens is 2. The molecule has 0 amide bonds. The summed E-state index contributed by atoms with van der Waals surface area (Å²) in [7, 11) is 0. The molecule has 35 heavy (non-hydrogen) atoms. The number of nitrogen functional groups attached to an aromatic ring is 1. The molecule has 3 aromatic rings. The molecule has 1 heterocycles. The van der Waals surface area contributed by atoms with E-state index in [0.29, 0.717) is 37.3 Å². The average molecular weight is 487 g/mol. The molecule has 0 unspecified atom stereocenters. The number of carboxylic acid groups (broad SMARTS) is 1. The molecule has 8 nitrogen and oxygen atoms in total. The summed E-state index contributed by atoms with van der Waals surface area (Å²) >= 11 is 0. The van der Waals surface area contributed by atoms with Gasteiger partial charge in [-0.15, -0.1) is 0 Å². The van der Waals surface area contributed by atoms with E-state index in [4.69, 9.17) is 10.5 Å². The van der Waals surface area contributed by atoms with Gasteiger partial charge in [-0.2, -0.15) is 5.10 Å². The molecule has 0 aliphatic carbocycles. The van der Waals surface area contributed by atoms with Crippen LogP contribution in [-0.2, 0) is 4.79 Å². The first kappa shape index (κ1) is 25.8. The third-order valence-electron chi connectivity index (χ3n) is 5.28. The van der Waals surface area contributed by atoms with Crippen LogP contribution < -0.4 is 15.8 Å². The summed E-state index contributed by atoms with van der Waals surface area (Å²) in [5.74, 6) is -2.60. The van der Waals surface area contributed by atoms with E-state index in [-0.39, 0.29) is 23.0 Å². The first-order valence-corrected chi connectivity index (χ1v) is 11.2. The van der Waals surface area contributed by atoms with Crippen molar-refractivity contribution in [2.45, 2.75) is 32.7 Å². The Hall–Kier alpha value is -3.79. The SMILES string of the molecule is CC(C)C[C@H](NCCCOc1cccc(C(=O)c2cnn(-c3ccc(F)c(F)c3)c2N)c1)C(=O)O. The van der Waals surface area contributed by atoms with Crippen molar-refractivity contribution in [2.75, 3.05) is 18.9 Å². The number of hydrogen-bond donors (Lipinski definition) is 3. The first-order chi connectivity index (χ1) is 16.7. The number of hydrogen-bond acceptors (Lipinski definition) is 6. The molecule has 2 aromatic carbocycles. The van der Waals surface area contributed by atoms with Crippen LogP contribution in [0, 0.1) is 17.6 Å². The van der Waals surface area contributed by atoms with Gasteiger partial charge in [-0.25, -0.2) is 13.5 Å². The van der Waals surface area contributed by atoms with E-state index in [1.54, 1.807) is 24.3 Å². The fraction of sp³-hybridized carbons (Fsp3) is 0.320. The first-order valence-electron chi connectivity index (χ1n) is 11.2. The monoisotopic (exact) mass is 486 g/mol. The summed E-state index contributed by atoms with van der Waals surface area (Å²) in [6, 6.07) is 9.15. The topological polar surface area (TPSA) is 119 Å². The number of ether oxygens (including phenoxy) is 1. The lowest BCUT2D eigenvalue weighted by atomic mass is 10.0. The average Bonchev–Trinajstić information content (AvgIpc) is 3.20. The number of benzene rings is 2. The second-order valence-electron chi connectivity index (χ2n) is 8.49. The fourth-order valence-electron chi connectivity index (χ4n) is 3.52. The van der Waals surface area contributed by atoms with Gasteiger partial charge in [0.05, 0.1) is 24.1 Å². The molecule has 0 bridgehead atoms. The maximum atomic E-state index is 13.6. The van der Waals surface area contributed by atoms with Crippen molar-refractivity contribution >= 4 is 17.6 Å². The van der Waals surface area contributed by atoms with Crippen molar-refractivity contribution in [1.29, 1.82) is 0 Å². The lowest BCUT2D eigenvalue weighted by molar-refractivity contribution is -0.139. The highest BCUT2D eigenvalue weighted by atomic mass is 19.2. The lowest BCUT2D eigenvalue weighted by Gasteiger charge is -2.16. The standard InChI is InChI=1S/C25H28F2N4O4/c1-15(2)11-22(25(33)34)29-9-4-10-35-18-6-3-5-16(12-18)23(32)19-14-30-31(24(19)28)17-7-8-20(26)21(27)13-17/h3,5-8,12-15,22,29H,4,9-11,28H2,1-2H3,(H,33,34)/t22-/m0/s1. The number of nitrogens with zero attached hydrogens (tertiary/aromatic N) is 2. The number of carboxylic acids is 1. The molecule has 0 radical (unpaired) electrons. The third kappa shape index (κ3) is 6.63. The van der Waals surface area contributed by atoms with Crippen LogP contribution in [0.5, 0.6) is 5.75 Å². The zero-order valence-electron chi connectivity index (χ0n) is 19.5. The van der Waals surface area contributed by atoms with E-state index in [2.05, 4.69) is 10.4 Å². The summed E-state index contributed by atoms with van der Waals surface area (Å²) in [6.07, 6.45) is 2.39. The van der Waals surface area contributed by atoms with Crippen LogP contribution in [0.2, 0.25) is 0 Å². The van der Waals surface area contributed by atoms with Gasteiger partial charge in [-0.3, -0.25) is 9.59 Å². The number of carbonyl (C=O) groups is 2. The number of ketones is 1. The van der Waals surface area contributed by atoms with Crippen LogP contribution >= 0.6 is 0 Å². The molecule has 1 aromatic heterocycles. The largest absolute Gasteiger partial charge is 0.494 e. The Labute approximate surface area is 201 Å². The number of rotatable bonds is 12. The molecular formula is C25H28F2N4O4. The van der Waals surface area contributed by atoms with Crippen molar-refractivity contribution < 1.29 is 28.2 Å².